The fraction of sp³-hybridized carbons (Fsp3) is 0.588. The summed E-state index contributed by atoms with van der Waals surface area (Å²) in [6.07, 6.45) is 3.06. The second-order valence-corrected chi connectivity index (χ2v) is 9.51. The van der Waals surface area contributed by atoms with E-state index in [0.29, 0.717) is 23.1 Å². The predicted octanol–water partition coefficient (Wildman–Crippen LogP) is 3.60. The maximum Gasteiger partial charge on any atom is 0.252 e. The van der Waals surface area contributed by atoms with E-state index >= 15 is 0 Å². The molecule has 1 saturated heterocycles. The largest absolute Gasteiger partial charge is 0.377 e. The van der Waals surface area contributed by atoms with E-state index in [9.17, 15) is 8.42 Å². The van der Waals surface area contributed by atoms with Crippen LogP contribution >= 0.6 is 11.3 Å². The molecule has 6 nitrogen and oxygen atoms in total. The Bertz CT molecular complexity index is 800. The first-order valence-corrected chi connectivity index (χ1v) is 10.8. The zero-order chi connectivity index (χ0) is 18.0. The molecule has 2 aromatic heterocycles. The number of rotatable bonds is 6. The van der Waals surface area contributed by atoms with E-state index in [0.717, 1.165) is 42.0 Å². The lowest BCUT2D eigenvalue weighted by molar-refractivity contribution is 0.00672. The first-order chi connectivity index (χ1) is 11.9. The molecule has 3 rings (SSSR count). The highest BCUT2D eigenvalue weighted by molar-refractivity contribution is 7.91. The Balaban J connectivity index is 1.83. The van der Waals surface area contributed by atoms with Gasteiger partial charge in [-0.05, 0) is 45.2 Å². The second-order valence-electron chi connectivity index (χ2n) is 6.26. The van der Waals surface area contributed by atoms with Crippen molar-refractivity contribution in [3.05, 3.63) is 23.6 Å². The van der Waals surface area contributed by atoms with E-state index in [4.69, 9.17) is 9.26 Å². The number of likely N-dealkylation sites (N-methyl/N-ethyl adjacent to an activating group) is 1. The molecule has 1 fully saturated rings. The molecule has 1 aliphatic heterocycles. The molecule has 0 aliphatic carbocycles. The van der Waals surface area contributed by atoms with Gasteiger partial charge in [0.2, 0.25) is 0 Å². The molecule has 0 bridgehead atoms. The number of hydrogen-bond donors (Lipinski definition) is 0. The molecule has 8 heteroatoms. The van der Waals surface area contributed by atoms with E-state index in [2.05, 4.69) is 5.16 Å². The zero-order valence-electron chi connectivity index (χ0n) is 14.8. The Morgan fingerprint density at radius 2 is 2.12 bits per heavy atom. The molecule has 1 atom stereocenters. The van der Waals surface area contributed by atoms with Crippen molar-refractivity contribution >= 4 is 21.4 Å². The Morgan fingerprint density at radius 3 is 2.72 bits per heavy atom. The van der Waals surface area contributed by atoms with E-state index in [1.165, 1.54) is 15.6 Å². The summed E-state index contributed by atoms with van der Waals surface area (Å²) in [5, 5.41) is 3.95. The third kappa shape index (κ3) is 3.81. The van der Waals surface area contributed by atoms with E-state index in [1.54, 1.807) is 6.07 Å². The number of aryl methyl sites for hydroxylation is 2. The predicted molar refractivity (Wildman–Crippen MR) is 97.3 cm³/mol. The zero-order valence-corrected chi connectivity index (χ0v) is 16.5. The van der Waals surface area contributed by atoms with E-state index in [-0.39, 0.29) is 6.10 Å². The van der Waals surface area contributed by atoms with Gasteiger partial charge in [0.25, 0.3) is 10.0 Å². The molecule has 0 saturated carbocycles. The van der Waals surface area contributed by atoms with E-state index < -0.39 is 10.0 Å². The molecular formula is C17H24N2O4S2. The van der Waals surface area contributed by atoms with Crippen LogP contribution in [0.4, 0.5) is 0 Å². The Kier molecular flexibility index (Phi) is 5.62. The monoisotopic (exact) mass is 384 g/mol. The highest BCUT2D eigenvalue weighted by Crippen LogP contribution is 2.36. The van der Waals surface area contributed by atoms with Gasteiger partial charge >= 0.3 is 0 Å². The summed E-state index contributed by atoms with van der Waals surface area (Å²) in [6.45, 7) is 7.12. The lowest BCUT2D eigenvalue weighted by atomic mass is 10.1. The van der Waals surface area contributed by atoms with Gasteiger partial charge in [-0.1, -0.05) is 12.1 Å². The summed E-state index contributed by atoms with van der Waals surface area (Å²) in [4.78, 5) is 0.861. The minimum atomic E-state index is -3.53. The Hall–Kier alpha value is -1.22. The van der Waals surface area contributed by atoms with Crippen LogP contribution in [0.5, 0.6) is 0 Å². The summed E-state index contributed by atoms with van der Waals surface area (Å²) in [5.41, 5.74) is 1.65. The van der Waals surface area contributed by atoms with Crippen molar-refractivity contribution in [2.45, 2.75) is 50.3 Å². The van der Waals surface area contributed by atoms with Gasteiger partial charge in [0.05, 0.1) is 17.4 Å². The van der Waals surface area contributed by atoms with Crippen LogP contribution in [0.1, 0.15) is 37.6 Å². The van der Waals surface area contributed by atoms with Gasteiger partial charge < -0.3 is 9.26 Å². The van der Waals surface area contributed by atoms with Gasteiger partial charge in [0.1, 0.15) is 9.97 Å². The average Bonchev–Trinajstić information content (AvgIpc) is 3.20. The van der Waals surface area contributed by atoms with Crippen LogP contribution in [0.2, 0.25) is 0 Å². The molecule has 0 aromatic carbocycles. The first-order valence-electron chi connectivity index (χ1n) is 8.58. The van der Waals surface area contributed by atoms with Crippen LogP contribution in [-0.4, -0.2) is 43.7 Å². The van der Waals surface area contributed by atoms with Crippen LogP contribution in [-0.2, 0) is 14.8 Å². The fourth-order valence-corrected chi connectivity index (χ4v) is 6.22. The van der Waals surface area contributed by atoms with Crippen molar-refractivity contribution in [3.63, 3.8) is 0 Å². The van der Waals surface area contributed by atoms with Crippen molar-refractivity contribution < 1.29 is 17.7 Å². The molecule has 1 unspecified atom stereocenters. The molecule has 2 aromatic rings. The van der Waals surface area contributed by atoms with Crippen LogP contribution in [0.3, 0.4) is 0 Å². The summed E-state index contributed by atoms with van der Waals surface area (Å²) in [6, 6.07) is 3.50. The van der Waals surface area contributed by atoms with Crippen LogP contribution < -0.4 is 0 Å². The van der Waals surface area contributed by atoms with Gasteiger partial charge in [-0.15, -0.1) is 11.3 Å². The molecule has 25 heavy (non-hydrogen) atoms. The number of hydrogen-bond acceptors (Lipinski definition) is 6. The molecule has 3 heterocycles. The number of thiophene rings is 1. The van der Waals surface area contributed by atoms with Crippen molar-refractivity contribution in [3.8, 4) is 10.4 Å². The molecular weight excluding hydrogens is 360 g/mol. The third-order valence-electron chi connectivity index (χ3n) is 4.49. The van der Waals surface area contributed by atoms with Crippen LogP contribution in [0.15, 0.2) is 20.9 Å². The van der Waals surface area contributed by atoms with Gasteiger partial charge in [0, 0.05) is 24.6 Å². The minimum absolute atomic E-state index is 0.00882. The Labute approximate surface area is 152 Å². The van der Waals surface area contributed by atoms with Gasteiger partial charge in [-0.2, -0.15) is 4.31 Å². The maximum absolute atomic E-state index is 13.0. The highest BCUT2D eigenvalue weighted by Gasteiger charge is 2.29. The van der Waals surface area contributed by atoms with Crippen molar-refractivity contribution in [1.29, 1.82) is 0 Å². The average molecular weight is 385 g/mol. The summed E-state index contributed by atoms with van der Waals surface area (Å²) < 4.78 is 38.8. The van der Waals surface area contributed by atoms with Crippen molar-refractivity contribution in [2.24, 2.45) is 0 Å². The molecule has 0 N–H and O–H groups in total. The number of ether oxygens (including phenoxy) is 1. The summed E-state index contributed by atoms with van der Waals surface area (Å²) in [5.74, 6) is 0.700. The van der Waals surface area contributed by atoms with Crippen molar-refractivity contribution in [1.82, 2.24) is 9.46 Å². The molecule has 1 aliphatic rings. The molecule has 138 valence electrons. The van der Waals surface area contributed by atoms with Gasteiger partial charge in [-0.3, -0.25) is 0 Å². The van der Waals surface area contributed by atoms with E-state index in [1.807, 2.05) is 26.8 Å². The SMILES string of the molecule is CCN(CC1CCCCO1)S(=O)(=O)c1ccc(-c2c(C)noc2C)s1. The van der Waals surface area contributed by atoms with Gasteiger partial charge in [-0.25, -0.2) is 8.42 Å². The summed E-state index contributed by atoms with van der Waals surface area (Å²) >= 11 is 1.26. The van der Waals surface area contributed by atoms with Crippen LogP contribution in [0.25, 0.3) is 10.4 Å². The Morgan fingerprint density at radius 1 is 1.32 bits per heavy atom. The number of aromatic nitrogens is 1. The summed E-state index contributed by atoms with van der Waals surface area (Å²) in [7, 11) is -3.53. The minimum Gasteiger partial charge on any atom is -0.377 e. The topological polar surface area (TPSA) is 72.6 Å². The molecule has 0 spiro atoms. The normalized spacial score (nSPS) is 18.8. The molecule has 0 amide bonds. The number of sulfonamides is 1. The second kappa shape index (κ2) is 7.57. The van der Waals surface area contributed by atoms with Gasteiger partial charge in [0.15, 0.2) is 0 Å². The van der Waals surface area contributed by atoms with Crippen molar-refractivity contribution in [2.75, 3.05) is 19.7 Å². The fourth-order valence-electron chi connectivity index (χ4n) is 3.13. The standard InChI is InChI=1S/C17H24N2O4S2/c1-4-19(11-14-7-5-6-10-22-14)25(20,21)16-9-8-15(24-16)17-12(2)18-23-13(17)3/h8-9,14H,4-7,10-11H2,1-3H3. The third-order valence-corrected chi connectivity index (χ3v) is 8.00. The smallest absolute Gasteiger partial charge is 0.252 e. The quantitative estimate of drug-likeness (QED) is 0.761. The first kappa shape index (κ1) is 18.6. The molecule has 0 radical (unpaired) electrons. The maximum atomic E-state index is 13.0. The lowest BCUT2D eigenvalue weighted by Crippen LogP contribution is -2.39. The van der Waals surface area contributed by atoms with Crippen LogP contribution in [0, 0.1) is 13.8 Å². The lowest BCUT2D eigenvalue weighted by Gasteiger charge is -2.28. The highest BCUT2D eigenvalue weighted by atomic mass is 32.2. The number of nitrogens with zero attached hydrogens (tertiary/aromatic N) is 2.